The number of carbonyl (C=O) groups is 4. The molecule has 26 nitrogen and oxygen atoms in total. The van der Waals surface area contributed by atoms with Gasteiger partial charge in [-0.15, -0.1) is 37.1 Å². The largest absolute Gasteiger partial charge is 0.870 e. The fourth-order valence-corrected chi connectivity index (χ4v) is 9.73. The van der Waals surface area contributed by atoms with Crippen molar-refractivity contribution in [3.8, 4) is 17.8 Å². The average Bonchev–Trinajstić information content (AvgIpc) is 4.06. The molecule has 0 atom stereocenters. The number of para-hydroxylation sites is 1. The highest BCUT2D eigenvalue weighted by Gasteiger charge is 2.31. The molecule has 3 amide bonds. The number of sulfonamides is 2. The van der Waals surface area contributed by atoms with Gasteiger partial charge < -0.3 is 39.2 Å². The van der Waals surface area contributed by atoms with E-state index in [4.69, 9.17) is 29.0 Å². The maximum atomic E-state index is 12.7. The Bertz CT molecular complexity index is 2990. The number of benzene rings is 2. The number of hydrogen-bond acceptors (Lipinski definition) is 20. The summed E-state index contributed by atoms with van der Waals surface area (Å²) in [4.78, 5) is 84.2. The molecule has 4 N–H and O–H groups in total. The summed E-state index contributed by atoms with van der Waals surface area (Å²) >= 11 is 2.23. The molecule has 2 aromatic carbocycles. The van der Waals surface area contributed by atoms with Crippen LogP contribution in [0.1, 0.15) is 30.5 Å². The first-order valence-corrected chi connectivity index (χ1v) is 23.3. The number of nitrogens with one attached hydrogen (secondary N) is 1. The number of methoxy groups -OCH3 is 2. The zero-order chi connectivity index (χ0) is 50.4. The first-order chi connectivity index (χ1) is 31.5. The third-order valence-electron chi connectivity index (χ3n) is 8.02. The van der Waals surface area contributed by atoms with Gasteiger partial charge in [-0.2, -0.15) is 0 Å². The minimum atomic E-state index is -4.47. The molecule has 0 unspecified atom stereocenters. The molecular weight excluding hydrogens is 981 g/mol. The fraction of sp³-hybridized carbons (Fsp3) is 0.263. The standard InChI is InChI=1S/C13H17N5O7S2.C11H11N3O5.C8H12N2O3S2.C6H6.H2O/c1-7-9(8(6-26-7)10(19)16(2)3)27(22,23)15-11(20)17-13(21)18(25-5)12(14-17)24-4;1-17-9-12-13(10(15)14(9)18-2)11(16)19-8-6-4-3-5-7-8;1-5-7(15(9,12)13)6(4-14-5)8(11)10(2)3;1-2-4-6-5-3-1;/h6H,1-5H3,(H,15,20);3-7H,1-2H3;4H,1-3H3,(H2,9,12,13);1-6H;1H2/p-1. The number of thiophene rings is 2. The minimum Gasteiger partial charge on any atom is -0.870 e. The Morgan fingerprint density at radius 1 is 0.647 bits per heavy atom. The molecule has 6 rings (SSSR count). The average molecular weight is 1030 g/mol. The molecule has 4 aromatic heterocycles. The van der Waals surface area contributed by atoms with Crippen LogP contribution in [0.15, 0.2) is 96.9 Å². The number of aryl methyl sites for hydroxylation is 2. The van der Waals surface area contributed by atoms with E-state index >= 15 is 0 Å². The van der Waals surface area contributed by atoms with E-state index < -0.39 is 49.5 Å². The Morgan fingerprint density at radius 3 is 1.41 bits per heavy atom. The normalized spacial score (nSPS) is 10.5. The van der Waals surface area contributed by atoms with Crippen molar-refractivity contribution in [1.82, 2.24) is 43.5 Å². The molecule has 0 radical (unpaired) electrons. The summed E-state index contributed by atoms with van der Waals surface area (Å²) < 4.78 is 66.2. The quantitative estimate of drug-likeness (QED) is 0.195. The molecule has 6 aromatic rings. The lowest BCUT2D eigenvalue weighted by Gasteiger charge is -2.12. The van der Waals surface area contributed by atoms with Crippen molar-refractivity contribution in [3.05, 3.63) is 119 Å². The zero-order valence-electron chi connectivity index (χ0n) is 37.9. The summed E-state index contributed by atoms with van der Waals surface area (Å²) in [5, 5.41) is 15.1. The third-order valence-corrected chi connectivity index (χ3v) is 12.7. The molecule has 0 fully saturated rings. The Kier molecular flexibility index (Phi) is 20.8. The number of nitrogens with zero attached hydrogens (tertiary/aromatic N) is 8. The van der Waals surface area contributed by atoms with E-state index in [-0.39, 0.29) is 49.0 Å². The summed E-state index contributed by atoms with van der Waals surface area (Å²) in [6.45, 7) is 3.11. The Labute approximate surface area is 396 Å². The maximum Gasteiger partial charge on any atom is 0.445 e. The number of primary sulfonamides is 1. The van der Waals surface area contributed by atoms with Gasteiger partial charge in [-0.25, -0.2) is 45.9 Å². The number of amides is 3. The van der Waals surface area contributed by atoms with Crippen LogP contribution in [0.25, 0.3) is 0 Å². The Morgan fingerprint density at radius 2 is 1.03 bits per heavy atom. The molecule has 370 valence electrons. The molecule has 0 aliphatic heterocycles. The van der Waals surface area contributed by atoms with Crippen LogP contribution in [-0.2, 0) is 20.0 Å². The van der Waals surface area contributed by atoms with Gasteiger partial charge in [0.15, 0.2) is 0 Å². The predicted molar refractivity (Wildman–Crippen MR) is 244 cm³/mol. The van der Waals surface area contributed by atoms with Gasteiger partial charge in [0.05, 0.1) is 25.3 Å². The van der Waals surface area contributed by atoms with Crippen LogP contribution in [0.3, 0.4) is 0 Å². The van der Waals surface area contributed by atoms with E-state index in [0.717, 1.165) is 23.2 Å². The summed E-state index contributed by atoms with van der Waals surface area (Å²) in [6.07, 6.45) is -0.953. The molecule has 0 spiro atoms. The minimum absolute atomic E-state index is 0. The number of ether oxygens (including phenoxy) is 3. The second-order valence-corrected chi connectivity index (χ2v) is 18.4. The van der Waals surface area contributed by atoms with Gasteiger partial charge >= 0.3 is 35.5 Å². The fourth-order valence-electron chi connectivity index (χ4n) is 5.06. The first kappa shape index (κ1) is 56.7. The van der Waals surface area contributed by atoms with Crippen molar-refractivity contribution in [3.63, 3.8) is 0 Å². The highest BCUT2D eigenvalue weighted by Crippen LogP contribution is 2.28. The molecule has 0 aliphatic rings. The van der Waals surface area contributed by atoms with E-state index in [9.17, 15) is 45.6 Å². The van der Waals surface area contributed by atoms with Crippen molar-refractivity contribution >= 4 is 66.7 Å². The van der Waals surface area contributed by atoms with E-state index in [1.165, 1.54) is 74.2 Å². The van der Waals surface area contributed by atoms with Gasteiger partial charge in [0.25, 0.3) is 21.8 Å². The monoisotopic (exact) mass is 1030 g/mol. The van der Waals surface area contributed by atoms with Gasteiger partial charge in [-0.1, -0.05) is 69.2 Å². The summed E-state index contributed by atoms with van der Waals surface area (Å²) in [7, 11) is 2.61. The lowest BCUT2D eigenvalue weighted by atomic mass is 10.3. The van der Waals surface area contributed by atoms with Crippen molar-refractivity contribution in [2.24, 2.45) is 5.14 Å². The van der Waals surface area contributed by atoms with Crippen molar-refractivity contribution < 1.29 is 65.4 Å². The van der Waals surface area contributed by atoms with Crippen LogP contribution in [0.4, 0.5) is 9.59 Å². The maximum absolute atomic E-state index is 12.7. The van der Waals surface area contributed by atoms with E-state index in [1.807, 2.05) is 36.4 Å². The summed E-state index contributed by atoms with van der Waals surface area (Å²) in [5.74, 6) is -0.608. The smallest absolute Gasteiger partial charge is 0.445 e. The van der Waals surface area contributed by atoms with Gasteiger partial charge in [0.1, 0.15) is 29.8 Å². The summed E-state index contributed by atoms with van der Waals surface area (Å²) in [5.41, 5.74) is -1.84. The van der Waals surface area contributed by atoms with Gasteiger partial charge in [-0.05, 0) is 26.0 Å². The number of carbonyl (C=O) groups excluding carboxylic acids is 4. The van der Waals surface area contributed by atoms with E-state index in [1.54, 1.807) is 56.1 Å². The van der Waals surface area contributed by atoms with E-state index in [2.05, 4.69) is 10.2 Å². The number of nitrogens with two attached hydrogens (primary N) is 1. The summed E-state index contributed by atoms with van der Waals surface area (Å²) in [6, 6.07) is 18.4. The topological polar surface area (TPSA) is 337 Å². The number of hydrogen-bond donors (Lipinski definition) is 2. The van der Waals surface area contributed by atoms with Crippen LogP contribution in [0.5, 0.6) is 17.8 Å². The van der Waals surface area contributed by atoms with Crippen LogP contribution < -0.4 is 45.1 Å². The number of rotatable bonds is 10. The van der Waals surface area contributed by atoms with Gasteiger partial charge in [0, 0.05) is 48.7 Å². The Hall–Kier alpha value is -7.38. The lowest BCUT2D eigenvalue weighted by molar-refractivity contribution is 0.0817. The van der Waals surface area contributed by atoms with Crippen LogP contribution in [0, 0.1) is 13.8 Å². The highest BCUT2D eigenvalue weighted by molar-refractivity contribution is 7.90. The van der Waals surface area contributed by atoms with Gasteiger partial charge in [-0.3, -0.25) is 9.59 Å². The zero-order valence-corrected chi connectivity index (χ0v) is 41.1. The molecule has 0 aliphatic carbocycles. The second-order valence-electron chi connectivity index (χ2n) is 13.1. The number of aromatic nitrogens is 6. The second kappa shape index (κ2) is 24.9. The SMILES string of the molecule is COc1nn(C(=O)NS(=O)(=O)c2c(C(=O)N(C)C)csc2C)c(=O)n1OC.COc1nn(C(=O)Oc2ccccc2)c(=O)n1OC.Cc1scc(C(=O)N(C)C)c1S(N)(=O)=O.[OH-].c1ccccc1. The Balaban J connectivity index is 0.000000338. The molecule has 0 saturated carbocycles. The third kappa shape index (κ3) is 14.1. The van der Waals surface area contributed by atoms with Crippen LogP contribution >= 0.6 is 22.7 Å². The van der Waals surface area contributed by atoms with Crippen LogP contribution in [-0.4, -0.2) is 142 Å². The lowest BCUT2D eigenvalue weighted by Crippen LogP contribution is -2.41. The van der Waals surface area contributed by atoms with E-state index in [0.29, 0.717) is 24.9 Å². The first-order valence-electron chi connectivity index (χ1n) is 18.5. The van der Waals surface area contributed by atoms with Crippen LogP contribution in [0.2, 0.25) is 0 Å². The van der Waals surface area contributed by atoms with Crippen molar-refractivity contribution in [2.75, 3.05) is 56.6 Å². The predicted octanol–water partition coefficient (Wildman–Crippen LogP) is 1.20. The van der Waals surface area contributed by atoms with Crippen molar-refractivity contribution in [1.29, 1.82) is 0 Å². The molecule has 0 saturated heterocycles. The molecular formula is C38H47N10O16S4-. The molecule has 30 heteroatoms. The molecule has 4 heterocycles. The van der Waals surface area contributed by atoms with Crippen molar-refractivity contribution in [2.45, 2.75) is 23.6 Å². The molecule has 68 heavy (non-hydrogen) atoms. The highest BCUT2D eigenvalue weighted by atomic mass is 32.2. The molecule has 0 bridgehead atoms. The van der Waals surface area contributed by atoms with Gasteiger partial charge in [0.2, 0.25) is 10.0 Å².